The molecule has 19 heavy (non-hydrogen) atoms. The molecule has 2 atom stereocenters. The Kier molecular flexibility index (Phi) is 5.17. The van der Waals surface area contributed by atoms with Crippen LogP contribution >= 0.6 is 0 Å². The fraction of sp³-hybridized carbons (Fsp3) is 0.846. The molecular formula is C13H25NO5. The van der Waals surface area contributed by atoms with Crippen LogP contribution in [-0.2, 0) is 14.3 Å². The summed E-state index contributed by atoms with van der Waals surface area (Å²) < 4.78 is 17.8. The topological polar surface area (TPSA) is 84.9 Å². The van der Waals surface area contributed by atoms with E-state index >= 15 is 0 Å². The number of hydrogen-bond acceptors (Lipinski definition) is 4. The third-order valence-electron chi connectivity index (χ3n) is 1.91. The first kappa shape index (κ1) is 15.8. The van der Waals surface area contributed by atoms with Crippen molar-refractivity contribution in [1.82, 2.24) is 5.32 Å². The van der Waals surface area contributed by atoms with Crippen molar-refractivity contribution in [1.29, 1.82) is 0 Å². The van der Waals surface area contributed by atoms with Gasteiger partial charge in [-0.1, -0.05) is 0 Å². The highest BCUT2D eigenvalue weighted by Gasteiger charge is 2.31. The highest BCUT2D eigenvalue weighted by Crippen LogP contribution is 2.14. The summed E-state index contributed by atoms with van der Waals surface area (Å²) in [7, 11) is 0. The Labute approximate surface area is 115 Å². The summed E-state index contributed by atoms with van der Waals surface area (Å²) in [5.74, 6) is -1.22. The SMILES string of the molecule is [2H]CC(C)(C)O[C@H](C)[C@H](NC(=O)OC(C)(C)C)C(=O)O. The van der Waals surface area contributed by atoms with E-state index in [9.17, 15) is 9.59 Å². The summed E-state index contributed by atoms with van der Waals surface area (Å²) >= 11 is 0. The van der Waals surface area contributed by atoms with Crippen LogP contribution in [0.4, 0.5) is 4.79 Å². The van der Waals surface area contributed by atoms with Gasteiger partial charge in [0.1, 0.15) is 5.60 Å². The van der Waals surface area contributed by atoms with Crippen LogP contribution in [0.15, 0.2) is 0 Å². The van der Waals surface area contributed by atoms with Crippen LogP contribution < -0.4 is 5.32 Å². The monoisotopic (exact) mass is 276 g/mol. The zero-order valence-electron chi connectivity index (χ0n) is 13.4. The molecular weight excluding hydrogens is 250 g/mol. The third-order valence-corrected chi connectivity index (χ3v) is 1.91. The first-order valence-corrected chi connectivity index (χ1v) is 6.07. The lowest BCUT2D eigenvalue weighted by Crippen LogP contribution is -2.51. The number of alkyl carbamates (subject to hydrolysis) is 1. The third kappa shape index (κ3) is 8.42. The fourth-order valence-electron chi connectivity index (χ4n) is 1.39. The zero-order valence-corrected chi connectivity index (χ0v) is 12.4. The van der Waals surface area contributed by atoms with Gasteiger partial charge in [0.05, 0.1) is 11.7 Å². The second-order valence-electron chi connectivity index (χ2n) is 6.04. The molecule has 0 spiro atoms. The molecule has 0 aliphatic rings. The van der Waals surface area contributed by atoms with Crippen LogP contribution in [0.25, 0.3) is 0 Å². The van der Waals surface area contributed by atoms with E-state index in [1.807, 2.05) is 0 Å². The number of carboxylic acids is 1. The van der Waals surface area contributed by atoms with E-state index in [4.69, 9.17) is 16.0 Å². The smallest absolute Gasteiger partial charge is 0.408 e. The van der Waals surface area contributed by atoms with Crippen molar-refractivity contribution >= 4 is 12.1 Å². The van der Waals surface area contributed by atoms with Gasteiger partial charge in [-0.05, 0) is 48.4 Å². The Morgan fingerprint density at radius 1 is 1.21 bits per heavy atom. The first-order valence-electron chi connectivity index (χ1n) is 6.78. The van der Waals surface area contributed by atoms with Gasteiger partial charge in [0.15, 0.2) is 6.04 Å². The normalized spacial score (nSPS) is 16.2. The van der Waals surface area contributed by atoms with Gasteiger partial charge in [0, 0.05) is 1.37 Å². The molecule has 0 unspecified atom stereocenters. The standard InChI is InChI=1S/C13H25NO5/c1-8(18-12(2,3)4)9(10(15)16)14-11(17)19-13(5,6)7/h8-9H,1-7H3,(H,14,17)(H,15,16)/t8-,9+/m1/s1/i2D. The van der Waals surface area contributed by atoms with E-state index in [1.54, 1.807) is 34.6 Å². The van der Waals surface area contributed by atoms with E-state index in [-0.39, 0.29) is 6.90 Å². The molecule has 0 aliphatic heterocycles. The van der Waals surface area contributed by atoms with Gasteiger partial charge in [0.2, 0.25) is 0 Å². The Morgan fingerprint density at radius 3 is 2.11 bits per heavy atom. The maximum absolute atomic E-state index is 11.6. The predicted octanol–water partition coefficient (Wildman–Crippen LogP) is 2.17. The molecule has 6 heteroatoms. The number of ether oxygens (including phenoxy) is 2. The summed E-state index contributed by atoms with van der Waals surface area (Å²) in [5, 5.41) is 11.4. The number of hydrogen-bond donors (Lipinski definition) is 2. The molecule has 112 valence electrons. The number of aliphatic carboxylic acids is 1. The van der Waals surface area contributed by atoms with E-state index in [2.05, 4.69) is 5.32 Å². The highest BCUT2D eigenvalue weighted by molar-refractivity contribution is 5.80. The summed E-state index contributed by atoms with van der Waals surface area (Å²) in [4.78, 5) is 22.8. The van der Waals surface area contributed by atoms with Crippen molar-refractivity contribution in [3.63, 3.8) is 0 Å². The van der Waals surface area contributed by atoms with Gasteiger partial charge < -0.3 is 19.9 Å². The molecule has 0 heterocycles. The first-order chi connectivity index (χ1) is 8.88. The molecule has 0 aliphatic carbocycles. The molecule has 0 saturated carbocycles. The van der Waals surface area contributed by atoms with Gasteiger partial charge >= 0.3 is 12.1 Å². The van der Waals surface area contributed by atoms with Crippen LogP contribution in [-0.4, -0.2) is 40.5 Å². The minimum Gasteiger partial charge on any atom is -0.480 e. The van der Waals surface area contributed by atoms with Gasteiger partial charge in [-0.3, -0.25) is 0 Å². The van der Waals surface area contributed by atoms with Crippen LogP contribution in [0.2, 0.25) is 0 Å². The van der Waals surface area contributed by atoms with E-state index < -0.39 is 35.4 Å². The summed E-state index contributed by atoms with van der Waals surface area (Å²) in [6.45, 7) is 9.94. The second kappa shape index (κ2) is 6.23. The average molecular weight is 276 g/mol. The molecule has 0 bridgehead atoms. The molecule has 0 rings (SSSR count). The molecule has 0 saturated heterocycles. The lowest BCUT2D eigenvalue weighted by Gasteiger charge is -2.30. The van der Waals surface area contributed by atoms with Crippen LogP contribution in [0.1, 0.15) is 49.8 Å². The number of amides is 1. The number of rotatable bonds is 4. The maximum atomic E-state index is 11.6. The molecule has 0 radical (unpaired) electrons. The molecule has 1 amide bonds. The number of nitrogens with one attached hydrogen (secondary N) is 1. The Morgan fingerprint density at radius 2 is 1.74 bits per heavy atom. The predicted molar refractivity (Wildman–Crippen MR) is 71.1 cm³/mol. The lowest BCUT2D eigenvalue weighted by atomic mass is 10.1. The van der Waals surface area contributed by atoms with Gasteiger partial charge in [-0.2, -0.15) is 0 Å². The number of carbonyl (C=O) groups is 2. The molecule has 0 aromatic heterocycles. The minimum absolute atomic E-state index is 0.0177. The maximum Gasteiger partial charge on any atom is 0.408 e. The Bertz CT molecular complexity index is 351. The Balaban J connectivity index is 4.74. The van der Waals surface area contributed by atoms with Crippen LogP contribution in [0.5, 0.6) is 0 Å². The summed E-state index contributed by atoms with van der Waals surface area (Å²) in [6.07, 6.45) is -1.61. The van der Waals surface area contributed by atoms with Crippen molar-refractivity contribution in [2.24, 2.45) is 0 Å². The zero-order chi connectivity index (χ0) is 16.1. The van der Waals surface area contributed by atoms with E-state index in [0.717, 1.165) is 0 Å². The lowest BCUT2D eigenvalue weighted by molar-refractivity contribution is -0.147. The fourth-order valence-corrected chi connectivity index (χ4v) is 1.39. The Hall–Kier alpha value is -1.30. The van der Waals surface area contributed by atoms with Gasteiger partial charge in [-0.25, -0.2) is 9.59 Å². The van der Waals surface area contributed by atoms with Crippen molar-refractivity contribution in [2.45, 2.75) is 71.8 Å². The molecule has 6 nitrogen and oxygen atoms in total. The number of carbonyl (C=O) groups excluding carboxylic acids is 1. The largest absolute Gasteiger partial charge is 0.480 e. The van der Waals surface area contributed by atoms with Crippen molar-refractivity contribution in [3.05, 3.63) is 0 Å². The van der Waals surface area contributed by atoms with Crippen molar-refractivity contribution in [3.8, 4) is 0 Å². The minimum atomic E-state index is -1.24. The molecule has 2 N–H and O–H groups in total. The van der Waals surface area contributed by atoms with Crippen molar-refractivity contribution in [2.75, 3.05) is 0 Å². The van der Waals surface area contributed by atoms with Gasteiger partial charge in [0.25, 0.3) is 0 Å². The van der Waals surface area contributed by atoms with Gasteiger partial charge in [-0.15, -0.1) is 0 Å². The highest BCUT2D eigenvalue weighted by atomic mass is 16.6. The number of carboxylic acid groups (broad SMARTS) is 1. The second-order valence-corrected chi connectivity index (χ2v) is 6.04. The molecule has 0 aromatic carbocycles. The average Bonchev–Trinajstić information content (AvgIpc) is 2.22. The molecule has 0 aromatic rings. The van der Waals surface area contributed by atoms with E-state index in [1.165, 1.54) is 6.92 Å². The van der Waals surface area contributed by atoms with Crippen LogP contribution in [0.3, 0.4) is 0 Å². The summed E-state index contributed by atoms with van der Waals surface area (Å²) in [6, 6.07) is -1.24. The van der Waals surface area contributed by atoms with E-state index in [0.29, 0.717) is 0 Å². The van der Waals surface area contributed by atoms with Crippen molar-refractivity contribution < 1.29 is 25.5 Å². The quantitative estimate of drug-likeness (QED) is 0.822. The molecule has 0 fully saturated rings. The summed E-state index contributed by atoms with van der Waals surface area (Å²) in [5.41, 5.74) is -1.50. The van der Waals surface area contributed by atoms with Crippen LogP contribution in [0, 0.1) is 0 Å².